The standard InChI is InChI=1S/C9H19NO6/c1-5(13)10(2)6(3-11)8(15)9(16)7(14)4-12/h6-9,11-12,14-16H,3-4H2,1-2H3/t6-,7+,8+,9+/m0/s1. The molecular formula is C9H19NO6. The van der Waals surface area contributed by atoms with Crippen molar-refractivity contribution in [3.05, 3.63) is 0 Å². The molecule has 16 heavy (non-hydrogen) atoms. The van der Waals surface area contributed by atoms with Crippen molar-refractivity contribution in [2.75, 3.05) is 20.3 Å². The molecule has 0 aliphatic rings. The van der Waals surface area contributed by atoms with Crippen molar-refractivity contribution < 1.29 is 30.3 Å². The van der Waals surface area contributed by atoms with Gasteiger partial charge in [0.2, 0.25) is 5.91 Å². The van der Waals surface area contributed by atoms with Crippen molar-refractivity contribution in [3.8, 4) is 0 Å². The first kappa shape index (κ1) is 15.3. The second-order valence-electron chi connectivity index (χ2n) is 3.61. The summed E-state index contributed by atoms with van der Waals surface area (Å²) in [7, 11) is 1.35. The first-order valence-electron chi connectivity index (χ1n) is 4.86. The number of carbonyl (C=O) groups is 1. The van der Waals surface area contributed by atoms with Gasteiger partial charge in [0.1, 0.15) is 18.3 Å². The highest BCUT2D eigenvalue weighted by molar-refractivity contribution is 5.73. The first-order chi connectivity index (χ1) is 7.36. The van der Waals surface area contributed by atoms with Crippen LogP contribution in [0.1, 0.15) is 6.92 Å². The van der Waals surface area contributed by atoms with E-state index in [1.165, 1.54) is 14.0 Å². The van der Waals surface area contributed by atoms with E-state index in [0.717, 1.165) is 4.90 Å². The van der Waals surface area contributed by atoms with Gasteiger partial charge in [0.25, 0.3) is 0 Å². The zero-order valence-electron chi connectivity index (χ0n) is 9.32. The van der Waals surface area contributed by atoms with Crippen LogP contribution in [0.5, 0.6) is 0 Å². The number of carbonyl (C=O) groups excluding carboxylic acids is 1. The summed E-state index contributed by atoms with van der Waals surface area (Å²) in [4.78, 5) is 12.1. The fraction of sp³-hybridized carbons (Fsp3) is 0.889. The number of hydrogen-bond donors (Lipinski definition) is 5. The van der Waals surface area contributed by atoms with Gasteiger partial charge in [-0.05, 0) is 0 Å². The molecule has 0 unspecified atom stereocenters. The van der Waals surface area contributed by atoms with Gasteiger partial charge < -0.3 is 30.4 Å². The lowest BCUT2D eigenvalue weighted by Crippen LogP contribution is -2.54. The topological polar surface area (TPSA) is 121 Å². The summed E-state index contributed by atoms with van der Waals surface area (Å²) < 4.78 is 0. The largest absolute Gasteiger partial charge is 0.394 e. The molecule has 0 fully saturated rings. The van der Waals surface area contributed by atoms with Crippen molar-refractivity contribution in [2.24, 2.45) is 0 Å². The Morgan fingerprint density at radius 3 is 1.94 bits per heavy atom. The van der Waals surface area contributed by atoms with Crippen LogP contribution in [0, 0.1) is 0 Å². The fourth-order valence-electron chi connectivity index (χ4n) is 1.26. The van der Waals surface area contributed by atoms with E-state index in [9.17, 15) is 15.0 Å². The third-order valence-electron chi connectivity index (χ3n) is 2.51. The quantitative estimate of drug-likeness (QED) is 0.333. The molecule has 0 spiro atoms. The molecular weight excluding hydrogens is 218 g/mol. The first-order valence-corrected chi connectivity index (χ1v) is 4.86. The predicted octanol–water partition coefficient (Wildman–Crippen LogP) is -3.10. The number of hydrogen-bond acceptors (Lipinski definition) is 6. The lowest BCUT2D eigenvalue weighted by Gasteiger charge is -2.33. The van der Waals surface area contributed by atoms with Crippen LogP contribution in [-0.4, -0.2) is 81.0 Å². The maximum Gasteiger partial charge on any atom is 0.219 e. The molecule has 4 atom stereocenters. The molecule has 0 aliphatic heterocycles. The van der Waals surface area contributed by atoms with Crippen molar-refractivity contribution in [1.82, 2.24) is 4.90 Å². The highest BCUT2D eigenvalue weighted by Gasteiger charge is 2.33. The van der Waals surface area contributed by atoms with Crippen LogP contribution in [-0.2, 0) is 4.79 Å². The van der Waals surface area contributed by atoms with Gasteiger partial charge in [0.05, 0.1) is 19.3 Å². The maximum atomic E-state index is 11.0. The molecule has 0 aromatic carbocycles. The lowest BCUT2D eigenvalue weighted by molar-refractivity contribution is -0.141. The van der Waals surface area contributed by atoms with Crippen LogP contribution in [0.2, 0.25) is 0 Å². The normalized spacial score (nSPS) is 18.7. The van der Waals surface area contributed by atoms with Crippen LogP contribution < -0.4 is 0 Å². The van der Waals surface area contributed by atoms with Gasteiger partial charge in [-0.1, -0.05) is 0 Å². The van der Waals surface area contributed by atoms with Crippen molar-refractivity contribution >= 4 is 5.91 Å². The molecule has 0 radical (unpaired) electrons. The lowest BCUT2D eigenvalue weighted by atomic mass is 10.0. The minimum atomic E-state index is -1.64. The SMILES string of the molecule is CC(=O)N(C)[C@@H](CO)[C@@H](O)[C@H](O)[C@H](O)CO. The number of amides is 1. The summed E-state index contributed by atoms with van der Waals surface area (Å²) in [5.74, 6) is -0.399. The van der Waals surface area contributed by atoms with Gasteiger partial charge in [-0.15, -0.1) is 0 Å². The number of likely N-dealkylation sites (N-methyl/N-ethyl adjacent to an activating group) is 1. The number of nitrogens with zero attached hydrogens (tertiary/aromatic N) is 1. The van der Waals surface area contributed by atoms with E-state index in [1.807, 2.05) is 0 Å². The van der Waals surface area contributed by atoms with Crippen LogP contribution in [0.25, 0.3) is 0 Å². The van der Waals surface area contributed by atoms with Gasteiger partial charge in [0, 0.05) is 14.0 Å². The van der Waals surface area contributed by atoms with Crippen LogP contribution in [0.4, 0.5) is 0 Å². The third kappa shape index (κ3) is 3.69. The molecule has 7 nitrogen and oxygen atoms in total. The number of aliphatic hydroxyl groups is 5. The third-order valence-corrected chi connectivity index (χ3v) is 2.51. The molecule has 0 saturated carbocycles. The second-order valence-corrected chi connectivity index (χ2v) is 3.61. The molecule has 0 aliphatic carbocycles. The molecule has 7 heteroatoms. The second kappa shape index (κ2) is 6.77. The molecule has 0 bridgehead atoms. The molecule has 96 valence electrons. The summed E-state index contributed by atoms with van der Waals surface area (Å²) in [5.41, 5.74) is 0. The predicted molar refractivity (Wildman–Crippen MR) is 54.4 cm³/mol. The molecule has 5 N–H and O–H groups in total. The molecule has 0 rings (SSSR count). The molecule has 0 aromatic heterocycles. The van der Waals surface area contributed by atoms with Crippen molar-refractivity contribution in [3.63, 3.8) is 0 Å². The maximum absolute atomic E-state index is 11.0. The highest BCUT2D eigenvalue weighted by atomic mass is 16.4. The van der Waals surface area contributed by atoms with Crippen molar-refractivity contribution in [1.29, 1.82) is 0 Å². The summed E-state index contributed by atoms with van der Waals surface area (Å²) >= 11 is 0. The summed E-state index contributed by atoms with van der Waals surface area (Å²) in [6.07, 6.45) is -4.70. The number of aliphatic hydroxyl groups excluding tert-OH is 5. The fourth-order valence-corrected chi connectivity index (χ4v) is 1.26. The van der Waals surface area contributed by atoms with E-state index in [4.69, 9.17) is 15.3 Å². The van der Waals surface area contributed by atoms with Gasteiger partial charge in [-0.2, -0.15) is 0 Å². The monoisotopic (exact) mass is 237 g/mol. The summed E-state index contributed by atoms with van der Waals surface area (Å²) in [6, 6.07) is -1.03. The Kier molecular flexibility index (Phi) is 6.46. The Morgan fingerprint density at radius 2 is 1.62 bits per heavy atom. The summed E-state index contributed by atoms with van der Waals surface area (Å²) in [5, 5.41) is 45.8. The number of rotatable bonds is 6. The van der Waals surface area contributed by atoms with E-state index in [-0.39, 0.29) is 0 Å². The Balaban J connectivity index is 4.64. The Bertz CT molecular complexity index is 224. The van der Waals surface area contributed by atoms with E-state index in [0.29, 0.717) is 0 Å². The van der Waals surface area contributed by atoms with E-state index in [2.05, 4.69) is 0 Å². The molecule has 0 saturated heterocycles. The van der Waals surface area contributed by atoms with Crippen LogP contribution in [0.3, 0.4) is 0 Å². The van der Waals surface area contributed by atoms with Crippen LogP contribution in [0.15, 0.2) is 0 Å². The van der Waals surface area contributed by atoms with Gasteiger partial charge in [-0.3, -0.25) is 4.79 Å². The minimum Gasteiger partial charge on any atom is -0.394 e. The van der Waals surface area contributed by atoms with Crippen LogP contribution >= 0.6 is 0 Å². The molecule has 0 aromatic rings. The summed E-state index contributed by atoms with van der Waals surface area (Å²) in [6.45, 7) is -0.0448. The molecule has 0 heterocycles. The van der Waals surface area contributed by atoms with Gasteiger partial charge >= 0.3 is 0 Å². The highest BCUT2D eigenvalue weighted by Crippen LogP contribution is 2.10. The van der Waals surface area contributed by atoms with E-state index < -0.39 is 43.5 Å². The Hall–Kier alpha value is -0.730. The van der Waals surface area contributed by atoms with E-state index >= 15 is 0 Å². The smallest absolute Gasteiger partial charge is 0.219 e. The Morgan fingerprint density at radius 1 is 1.12 bits per heavy atom. The van der Waals surface area contributed by atoms with Gasteiger partial charge in [-0.25, -0.2) is 0 Å². The Labute approximate surface area is 93.6 Å². The van der Waals surface area contributed by atoms with Gasteiger partial charge in [0.15, 0.2) is 0 Å². The molecule has 1 amide bonds. The minimum absolute atomic E-state index is 0.399. The van der Waals surface area contributed by atoms with Crippen molar-refractivity contribution in [2.45, 2.75) is 31.3 Å². The average Bonchev–Trinajstić information content (AvgIpc) is 2.27. The average molecular weight is 237 g/mol. The van der Waals surface area contributed by atoms with E-state index in [1.54, 1.807) is 0 Å². The zero-order chi connectivity index (χ0) is 12.9. The zero-order valence-corrected chi connectivity index (χ0v) is 9.32.